The van der Waals surface area contributed by atoms with Crippen LogP contribution in [0.5, 0.6) is 5.75 Å². The SMILES string of the molecule is CN(CC(=O)Nc1ccccc1OC(F)(F)F)C(=O)CNC(C)(C)C. The van der Waals surface area contributed by atoms with Gasteiger partial charge in [0.05, 0.1) is 18.8 Å². The molecule has 1 aromatic rings. The maximum atomic E-state index is 12.4. The Hall–Kier alpha value is -2.29. The van der Waals surface area contributed by atoms with Crippen LogP contribution < -0.4 is 15.4 Å². The van der Waals surface area contributed by atoms with Crippen molar-refractivity contribution in [3.63, 3.8) is 0 Å². The van der Waals surface area contributed by atoms with E-state index < -0.39 is 18.0 Å². The molecule has 2 amide bonds. The second-order valence-corrected chi connectivity index (χ2v) is 6.45. The van der Waals surface area contributed by atoms with Crippen LogP contribution in [0.1, 0.15) is 20.8 Å². The van der Waals surface area contributed by atoms with Crippen molar-refractivity contribution < 1.29 is 27.5 Å². The maximum Gasteiger partial charge on any atom is 0.573 e. The van der Waals surface area contributed by atoms with E-state index in [-0.39, 0.29) is 30.2 Å². The molecule has 0 fully saturated rings. The third kappa shape index (κ3) is 8.39. The summed E-state index contributed by atoms with van der Waals surface area (Å²) in [5.41, 5.74) is -0.384. The zero-order chi connectivity index (χ0) is 19.3. The molecule has 1 aromatic carbocycles. The van der Waals surface area contributed by atoms with E-state index in [2.05, 4.69) is 15.4 Å². The number of hydrogen-bond acceptors (Lipinski definition) is 4. The second-order valence-electron chi connectivity index (χ2n) is 6.45. The lowest BCUT2D eigenvalue weighted by atomic mass is 10.1. The number of likely N-dealkylation sites (N-methyl/N-ethyl adjacent to an activating group) is 1. The zero-order valence-corrected chi connectivity index (χ0v) is 14.5. The molecule has 25 heavy (non-hydrogen) atoms. The van der Waals surface area contributed by atoms with Crippen LogP contribution in [0.25, 0.3) is 0 Å². The van der Waals surface area contributed by atoms with Crippen molar-refractivity contribution in [1.82, 2.24) is 10.2 Å². The monoisotopic (exact) mass is 361 g/mol. The molecule has 0 unspecified atom stereocenters. The second kappa shape index (κ2) is 8.19. The summed E-state index contributed by atoms with van der Waals surface area (Å²) in [5.74, 6) is -1.47. The molecule has 1 rings (SSSR count). The molecule has 0 radical (unpaired) electrons. The van der Waals surface area contributed by atoms with Crippen LogP contribution in [0, 0.1) is 0 Å². The first-order valence-corrected chi connectivity index (χ1v) is 7.51. The highest BCUT2D eigenvalue weighted by Gasteiger charge is 2.32. The molecule has 2 N–H and O–H groups in total. The molecule has 0 aliphatic rings. The van der Waals surface area contributed by atoms with Crippen LogP contribution in [0.2, 0.25) is 0 Å². The summed E-state index contributed by atoms with van der Waals surface area (Å²) in [6, 6.07) is 5.18. The number of halogens is 3. The smallest absolute Gasteiger partial charge is 0.404 e. The van der Waals surface area contributed by atoms with Crippen molar-refractivity contribution >= 4 is 17.5 Å². The van der Waals surface area contributed by atoms with Crippen LogP contribution in [-0.2, 0) is 9.59 Å². The van der Waals surface area contributed by atoms with Gasteiger partial charge >= 0.3 is 6.36 Å². The van der Waals surface area contributed by atoms with Crippen molar-refractivity contribution in [2.45, 2.75) is 32.7 Å². The molecule has 0 saturated carbocycles. The number of benzene rings is 1. The number of para-hydroxylation sites is 2. The van der Waals surface area contributed by atoms with Gasteiger partial charge < -0.3 is 20.3 Å². The number of hydrogen-bond donors (Lipinski definition) is 2. The third-order valence-corrected chi connectivity index (χ3v) is 2.96. The first kappa shape index (κ1) is 20.8. The number of carbonyl (C=O) groups is 2. The summed E-state index contributed by atoms with van der Waals surface area (Å²) in [6.45, 7) is 5.42. The van der Waals surface area contributed by atoms with Gasteiger partial charge in [-0.3, -0.25) is 9.59 Å². The summed E-state index contributed by atoms with van der Waals surface area (Å²) in [7, 11) is 1.43. The lowest BCUT2D eigenvalue weighted by Gasteiger charge is -2.23. The molecular formula is C16H22F3N3O3. The van der Waals surface area contributed by atoms with E-state index in [1.165, 1.54) is 30.1 Å². The number of nitrogens with zero attached hydrogens (tertiary/aromatic N) is 1. The van der Waals surface area contributed by atoms with Gasteiger partial charge in [0.25, 0.3) is 0 Å². The van der Waals surface area contributed by atoms with Crippen molar-refractivity contribution in [1.29, 1.82) is 0 Å². The first-order chi connectivity index (χ1) is 11.4. The third-order valence-electron chi connectivity index (χ3n) is 2.96. The van der Waals surface area contributed by atoms with E-state index in [1.54, 1.807) is 0 Å². The summed E-state index contributed by atoms with van der Waals surface area (Å²) in [6.07, 6.45) is -4.87. The standard InChI is InChI=1S/C16H22F3N3O3/c1-15(2,3)20-9-14(24)22(4)10-13(23)21-11-7-5-6-8-12(11)25-16(17,18)19/h5-8,20H,9-10H2,1-4H3,(H,21,23). The zero-order valence-electron chi connectivity index (χ0n) is 14.5. The van der Waals surface area contributed by atoms with Crippen LogP contribution >= 0.6 is 0 Å². The molecule has 0 bridgehead atoms. The van der Waals surface area contributed by atoms with Crippen LogP contribution in [0.3, 0.4) is 0 Å². The van der Waals surface area contributed by atoms with Gasteiger partial charge in [-0.15, -0.1) is 13.2 Å². The highest BCUT2D eigenvalue weighted by Crippen LogP contribution is 2.29. The van der Waals surface area contributed by atoms with E-state index in [1.807, 2.05) is 20.8 Å². The molecule has 9 heteroatoms. The predicted octanol–water partition coefficient (Wildman–Crippen LogP) is 2.37. The highest BCUT2D eigenvalue weighted by atomic mass is 19.4. The number of rotatable bonds is 6. The number of ether oxygens (including phenoxy) is 1. The topological polar surface area (TPSA) is 70.7 Å². The Morgan fingerprint density at radius 2 is 1.76 bits per heavy atom. The predicted molar refractivity (Wildman–Crippen MR) is 87.1 cm³/mol. The van der Waals surface area contributed by atoms with Crippen molar-refractivity contribution in [2.75, 3.05) is 25.5 Å². The number of carbonyl (C=O) groups excluding carboxylic acids is 2. The Bertz CT molecular complexity index is 613. The van der Waals surface area contributed by atoms with Crippen molar-refractivity contribution in [2.24, 2.45) is 0 Å². The summed E-state index contributed by atoms with van der Waals surface area (Å²) < 4.78 is 40.9. The molecule has 0 aliphatic carbocycles. The summed E-state index contributed by atoms with van der Waals surface area (Å²) >= 11 is 0. The number of anilines is 1. The molecule has 0 heterocycles. The van der Waals surface area contributed by atoms with Gasteiger partial charge in [-0.2, -0.15) is 0 Å². The molecule has 0 saturated heterocycles. The lowest BCUT2D eigenvalue weighted by molar-refractivity contribution is -0.274. The first-order valence-electron chi connectivity index (χ1n) is 7.51. The Balaban J connectivity index is 2.64. The Morgan fingerprint density at radius 3 is 2.32 bits per heavy atom. The summed E-state index contributed by atoms with van der Waals surface area (Å²) in [5, 5.41) is 5.31. The lowest BCUT2D eigenvalue weighted by Crippen LogP contribution is -2.45. The van der Waals surface area contributed by atoms with Gasteiger partial charge in [0, 0.05) is 12.6 Å². The number of amides is 2. The fourth-order valence-corrected chi connectivity index (χ4v) is 1.75. The molecule has 0 atom stereocenters. The molecule has 0 spiro atoms. The van der Waals surface area contributed by atoms with Crippen LogP contribution in [-0.4, -0.2) is 48.8 Å². The van der Waals surface area contributed by atoms with E-state index in [4.69, 9.17) is 0 Å². The minimum absolute atomic E-state index is 0.0427. The fraction of sp³-hybridized carbons (Fsp3) is 0.500. The number of nitrogens with one attached hydrogen (secondary N) is 2. The van der Waals surface area contributed by atoms with E-state index in [9.17, 15) is 22.8 Å². The van der Waals surface area contributed by atoms with Crippen LogP contribution in [0.4, 0.5) is 18.9 Å². The summed E-state index contributed by atoms with van der Waals surface area (Å²) in [4.78, 5) is 25.1. The fourth-order valence-electron chi connectivity index (χ4n) is 1.75. The highest BCUT2D eigenvalue weighted by molar-refractivity contribution is 5.95. The maximum absolute atomic E-state index is 12.4. The number of alkyl halides is 3. The molecule has 0 aliphatic heterocycles. The van der Waals surface area contributed by atoms with Gasteiger partial charge in [0.2, 0.25) is 11.8 Å². The molecular weight excluding hydrogens is 339 g/mol. The van der Waals surface area contributed by atoms with Gasteiger partial charge in [-0.1, -0.05) is 12.1 Å². The van der Waals surface area contributed by atoms with E-state index in [0.717, 1.165) is 6.07 Å². The minimum atomic E-state index is -4.87. The Morgan fingerprint density at radius 1 is 1.16 bits per heavy atom. The normalized spacial score (nSPS) is 11.8. The molecule has 140 valence electrons. The Kier molecular flexibility index (Phi) is 6.80. The van der Waals surface area contributed by atoms with Crippen LogP contribution in [0.15, 0.2) is 24.3 Å². The van der Waals surface area contributed by atoms with Crippen molar-refractivity contribution in [3.8, 4) is 5.75 Å². The van der Waals surface area contributed by atoms with Gasteiger partial charge in [0.1, 0.15) is 0 Å². The molecule has 6 nitrogen and oxygen atoms in total. The average Bonchev–Trinajstić information content (AvgIpc) is 2.44. The average molecular weight is 361 g/mol. The van der Waals surface area contributed by atoms with Crippen molar-refractivity contribution in [3.05, 3.63) is 24.3 Å². The van der Waals surface area contributed by atoms with Gasteiger partial charge in [-0.25, -0.2) is 0 Å². The largest absolute Gasteiger partial charge is 0.573 e. The quantitative estimate of drug-likeness (QED) is 0.816. The van der Waals surface area contributed by atoms with Gasteiger partial charge in [-0.05, 0) is 32.9 Å². The minimum Gasteiger partial charge on any atom is -0.404 e. The van der Waals surface area contributed by atoms with E-state index >= 15 is 0 Å². The Labute approximate surface area is 144 Å². The van der Waals surface area contributed by atoms with Gasteiger partial charge in [0.15, 0.2) is 5.75 Å². The van der Waals surface area contributed by atoms with E-state index in [0.29, 0.717) is 0 Å². The molecule has 0 aromatic heterocycles.